The first kappa shape index (κ1) is 22.6. The van der Waals surface area contributed by atoms with Gasteiger partial charge in [0.2, 0.25) is 5.91 Å². The third-order valence-electron chi connectivity index (χ3n) is 7.00. The highest BCUT2D eigenvalue weighted by Gasteiger charge is 2.31. The number of amides is 1. The van der Waals surface area contributed by atoms with Crippen LogP contribution in [0.1, 0.15) is 43.0 Å². The molecule has 31 heavy (non-hydrogen) atoms. The summed E-state index contributed by atoms with van der Waals surface area (Å²) in [5, 5.41) is 9.20. The van der Waals surface area contributed by atoms with Gasteiger partial charge in [0.15, 0.2) is 5.96 Å². The van der Waals surface area contributed by atoms with Crippen LogP contribution in [0.2, 0.25) is 0 Å². The van der Waals surface area contributed by atoms with E-state index in [2.05, 4.69) is 47.8 Å². The number of nitrogens with one attached hydrogen (secondary N) is 2. The van der Waals surface area contributed by atoms with Gasteiger partial charge in [-0.25, -0.2) is 0 Å². The van der Waals surface area contributed by atoms with Crippen molar-refractivity contribution in [3.63, 3.8) is 0 Å². The van der Waals surface area contributed by atoms with Crippen molar-refractivity contribution in [3.05, 3.63) is 22.4 Å². The average Bonchev–Trinajstić information content (AvgIpc) is 3.47. The molecule has 0 aromatic carbocycles. The fraction of sp³-hybridized carbons (Fsp3) is 0.739. The molecular weight excluding hydrogens is 408 g/mol. The second-order valence-electron chi connectivity index (χ2n) is 8.95. The van der Waals surface area contributed by atoms with Crippen LogP contribution in [0.15, 0.2) is 22.5 Å². The summed E-state index contributed by atoms with van der Waals surface area (Å²) >= 11 is 1.85. The van der Waals surface area contributed by atoms with Crippen LogP contribution in [0, 0.1) is 5.92 Å². The summed E-state index contributed by atoms with van der Waals surface area (Å²) in [6.45, 7) is 8.79. The molecule has 3 aliphatic rings. The molecule has 1 atom stereocenters. The molecule has 1 aromatic heterocycles. The molecule has 3 fully saturated rings. The van der Waals surface area contributed by atoms with Gasteiger partial charge in [0.05, 0.1) is 6.04 Å². The van der Waals surface area contributed by atoms with Crippen molar-refractivity contribution in [2.75, 3.05) is 66.0 Å². The Labute approximate surface area is 190 Å². The van der Waals surface area contributed by atoms with Crippen LogP contribution in [0.25, 0.3) is 0 Å². The SMILES string of the molecule is CN=C(NCCN1CCN(C(=O)C2CCC2)CC1)NCC(c1cccs1)N1CCCC1. The largest absolute Gasteiger partial charge is 0.355 e. The lowest BCUT2D eigenvalue weighted by atomic mass is 9.84. The van der Waals surface area contributed by atoms with Gasteiger partial charge in [-0.15, -0.1) is 11.3 Å². The molecule has 3 heterocycles. The minimum absolute atomic E-state index is 0.321. The molecule has 1 aliphatic carbocycles. The molecule has 1 aromatic rings. The van der Waals surface area contributed by atoms with Crippen molar-refractivity contribution in [2.24, 2.45) is 10.9 Å². The van der Waals surface area contributed by atoms with E-state index in [1.165, 1.54) is 37.2 Å². The fourth-order valence-electron chi connectivity index (χ4n) is 4.80. The monoisotopic (exact) mass is 446 g/mol. The fourth-order valence-corrected chi connectivity index (χ4v) is 5.66. The zero-order valence-corrected chi connectivity index (χ0v) is 19.7. The predicted octanol–water partition coefficient (Wildman–Crippen LogP) is 1.99. The number of carbonyl (C=O) groups is 1. The Morgan fingerprint density at radius 2 is 1.90 bits per heavy atom. The molecular formula is C23H38N6OS. The molecule has 1 unspecified atom stereocenters. The van der Waals surface area contributed by atoms with Crippen LogP contribution in [0.5, 0.6) is 0 Å². The Bertz CT molecular complexity index is 706. The highest BCUT2D eigenvalue weighted by molar-refractivity contribution is 7.10. The first-order chi connectivity index (χ1) is 15.2. The number of aliphatic imine (C=N–C) groups is 1. The lowest BCUT2D eigenvalue weighted by Crippen LogP contribution is -2.52. The second-order valence-corrected chi connectivity index (χ2v) is 9.93. The molecule has 2 saturated heterocycles. The molecule has 2 aliphatic heterocycles. The number of nitrogens with zero attached hydrogens (tertiary/aromatic N) is 4. The Kier molecular flexibility index (Phi) is 8.21. The van der Waals surface area contributed by atoms with E-state index in [1.807, 2.05) is 18.4 Å². The van der Waals surface area contributed by atoms with Gasteiger partial charge in [-0.1, -0.05) is 12.5 Å². The highest BCUT2D eigenvalue weighted by Crippen LogP contribution is 2.29. The van der Waals surface area contributed by atoms with Gasteiger partial charge in [0, 0.05) is 63.7 Å². The van der Waals surface area contributed by atoms with Crippen LogP contribution in [0.4, 0.5) is 0 Å². The lowest BCUT2D eigenvalue weighted by Gasteiger charge is -2.38. The summed E-state index contributed by atoms with van der Waals surface area (Å²) in [7, 11) is 1.84. The maximum atomic E-state index is 12.4. The second kappa shape index (κ2) is 11.3. The zero-order chi connectivity index (χ0) is 21.5. The maximum absolute atomic E-state index is 12.4. The Hall–Kier alpha value is -1.64. The number of hydrogen-bond acceptors (Lipinski definition) is 5. The van der Waals surface area contributed by atoms with E-state index in [9.17, 15) is 4.79 Å². The van der Waals surface area contributed by atoms with Gasteiger partial charge in [0.1, 0.15) is 0 Å². The van der Waals surface area contributed by atoms with Gasteiger partial charge in [-0.05, 0) is 50.2 Å². The number of guanidine groups is 1. The predicted molar refractivity (Wildman–Crippen MR) is 128 cm³/mol. The van der Waals surface area contributed by atoms with Crippen LogP contribution in [-0.2, 0) is 4.79 Å². The first-order valence-electron chi connectivity index (χ1n) is 12.0. The summed E-state index contributed by atoms with van der Waals surface area (Å²) in [6, 6.07) is 4.82. The van der Waals surface area contributed by atoms with Crippen molar-refractivity contribution in [2.45, 2.75) is 38.1 Å². The van der Waals surface area contributed by atoms with E-state index in [0.717, 1.165) is 64.6 Å². The standard InChI is InChI=1S/C23H38N6OS/c1-24-23(26-18-20(21-8-5-17-31-21)28-10-2-3-11-28)25-9-12-27-13-15-29(16-14-27)22(30)19-6-4-7-19/h5,8,17,19-20H,2-4,6-7,9-16,18H2,1H3,(H2,24,25,26). The number of rotatable bonds is 8. The summed E-state index contributed by atoms with van der Waals surface area (Å²) in [5.41, 5.74) is 0. The smallest absolute Gasteiger partial charge is 0.225 e. The average molecular weight is 447 g/mol. The molecule has 0 radical (unpaired) electrons. The maximum Gasteiger partial charge on any atom is 0.225 e. The van der Waals surface area contributed by atoms with Crippen molar-refractivity contribution in [1.82, 2.24) is 25.3 Å². The van der Waals surface area contributed by atoms with E-state index >= 15 is 0 Å². The van der Waals surface area contributed by atoms with E-state index in [1.54, 1.807) is 0 Å². The lowest BCUT2D eigenvalue weighted by molar-refractivity contribution is -0.139. The third-order valence-corrected chi connectivity index (χ3v) is 7.97. The Morgan fingerprint density at radius 1 is 1.13 bits per heavy atom. The molecule has 1 saturated carbocycles. The topological polar surface area (TPSA) is 63.2 Å². The quantitative estimate of drug-likeness (QED) is 0.472. The molecule has 172 valence electrons. The number of hydrogen-bond donors (Lipinski definition) is 2. The van der Waals surface area contributed by atoms with E-state index < -0.39 is 0 Å². The van der Waals surface area contributed by atoms with Gasteiger partial charge < -0.3 is 15.5 Å². The van der Waals surface area contributed by atoms with Crippen LogP contribution >= 0.6 is 11.3 Å². The molecule has 0 spiro atoms. The normalized spacial score (nSPS) is 22.4. The molecule has 4 rings (SSSR count). The summed E-state index contributed by atoms with van der Waals surface area (Å²) in [6.07, 6.45) is 6.02. The van der Waals surface area contributed by atoms with Crippen molar-refractivity contribution >= 4 is 23.2 Å². The van der Waals surface area contributed by atoms with E-state index in [0.29, 0.717) is 17.9 Å². The molecule has 0 bridgehead atoms. The first-order valence-corrected chi connectivity index (χ1v) is 12.9. The van der Waals surface area contributed by atoms with Crippen molar-refractivity contribution < 1.29 is 4.79 Å². The van der Waals surface area contributed by atoms with Crippen molar-refractivity contribution in [1.29, 1.82) is 0 Å². The highest BCUT2D eigenvalue weighted by atomic mass is 32.1. The number of thiophene rings is 1. The minimum Gasteiger partial charge on any atom is -0.355 e. The number of likely N-dealkylation sites (tertiary alicyclic amines) is 1. The Balaban J connectivity index is 1.16. The van der Waals surface area contributed by atoms with Crippen LogP contribution < -0.4 is 10.6 Å². The number of piperazine rings is 1. The molecule has 7 nitrogen and oxygen atoms in total. The third kappa shape index (κ3) is 5.99. The van der Waals surface area contributed by atoms with Gasteiger partial charge in [-0.3, -0.25) is 19.6 Å². The summed E-state index contributed by atoms with van der Waals surface area (Å²) in [5.74, 6) is 1.59. The van der Waals surface area contributed by atoms with Gasteiger partial charge in [-0.2, -0.15) is 0 Å². The van der Waals surface area contributed by atoms with Gasteiger partial charge in [0.25, 0.3) is 0 Å². The van der Waals surface area contributed by atoms with E-state index in [-0.39, 0.29) is 0 Å². The minimum atomic E-state index is 0.321. The van der Waals surface area contributed by atoms with Gasteiger partial charge >= 0.3 is 0 Å². The van der Waals surface area contributed by atoms with Crippen LogP contribution in [-0.4, -0.2) is 92.5 Å². The summed E-state index contributed by atoms with van der Waals surface area (Å²) in [4.78, 5) is 25.4. The summed E-state index contributed by atoms with van der Waals surface area (Å²) < 4.78 is 0. The molecule has 8 heteroatoms. The zero-order valence-electron chi connectivity index (χ0n) is 18.9. The Morgan fingerprint density at radius 3 is 2.52 bits per heavy atom. The molecule has 1 amide bonds. The molecule has 2 N–H and O–H groups in total. The van der Waals surface area contributed by atoms with Crippen molar-refractivity contribution in [3.8, 4) is 0 Å². The number of carbonyl (C=O) groups excluding carboxylic acids is 1. The van der Waals surface area contributed by atoms with Crippen LogP contribution in [0.3, 0.4) is 0 Å². The van der Waals surface area contributed by atoms with E-state index in [4.69, 9.17) is 0 Å².